The second-order valence-corrected chi connectivity index (χ2v) is 5.66. The molecule has 0 aromatic heterocycles. The number of nitrogens with one attached hydrogen (secondary N) is 1. The Balaban J connectivity index is 2.04. The molecular weight excluding hydrogens is 347 g/mol. The highest BCUT2D eigenvalue weighted by Crippen LogP contribution is 2.25. The number of rotatable bonds is 4. The topological polar surface area (TPSA) is 41.6 Å². The number of anilines is 1. The summed E-state index contributed by atoms with van der Waals surface area (Å²) in [6.07, 6.45) is 0. The van der Waals surface area contributed by atoms with E-state index in [4.69, 9.17) is 39.6 Å². The third-order valence-electron chi connectivity index (χ3n) is 2.86. The number of halogens is 3. The van der Waals surface area contributed by atoms with Crippen LogP contribution in [-0.2, 0) is 11.4 Å². The summed E-state index contributed by atoms with van der Waals surface area (Å²) in [5, 5.41) is 5.29. The number of benzene rings is 2. The average molecular weight is 360 g/mol. The van der Waals surface area contributed by atoms with E-state index in [2.05, 4.69) is 5.32 Å². The van der Waals surface area contributed by atoms with Crippen LogP contribution < -0.4 is 5.32 Å². The Morgan fingerprint density at radius 2 is 1.77 bits per heavy atom. The molecule has 0 saturated carbocycles. The standard InChI is InChI=1S/C15H13Cl3N2O2/c1-22-20(9-10-2-4-11(16)5-3-10)15(21)19-12-6-7-13(17)14(18)8-12/h2-8H,9H2,1H3,(H,19,21). The van der Waals surface area contributed by atoms with Gasteiger partial charge in [0.1, 0.15) is 0 Å². The first-order chi connectivity index (χ1) is 10.5. The van der Waals surface area contributed by atoms with E-state index in [1.165, 1.54) is 12.2 Å². The van der Waals surface area contributed by atoms with Crippen LogP contribution in [0.25, 0.3) is 0 Å². The molecule has 0 aliphatic heterocycles. The molecule has 4 nitrogen and oxygen atoms in total. The van der Waals surface area contributed by atoms with Gasteiger partial charge in [-0.3, -0.25) is 4.84 Å². The summed E-state index contributed by atoms with van der Waals surface area (Å²) >= 11 is 17.6. The lowest BCUT2D eigenvalue weighted by Gasteiger charge is -2.20. The molecule has 2 aromatic rings. The molecule has 1 N–H and O–H groups in total. The van der Waals surface area contributed by atoms with Crippen LogP contribution in [0.15, 0.2) is 42.5 Å². The predicted octanol–water partition coefficient (Wildman–Crippen LogP) is 5.24. The van der Waals surface area contributed by atoms with Crippen LogP contribution >= 0.6 is 34.8 Å². The Morgan fingerprint density at radius 3 is 2.36 bits per heavy atom. The zero-order chi connectivity index (χ0) is 16.1. The van der Waals surface area contributed by atoms with Gasteiger partial charge < -0.3 is 5.32 Å². The van der Waals surface area contributed by atoms with Gasteiger partial charge in [0, 0.05) is 10.7 Å². The molecule has 0 heterocycles. The second kappa shape index (κ2) is 7.70. The lowest BCUT2D eigenvalue weighted by molar-refractivity contribution is -0.0886. The van der Waals surface area contributed by atoms with E-state index >= 15 is 0 Å². The van der Waals surface area contributed by atoms with Crippen molar-refractivity contribution in [3.05, 3.63) is 63.1 Å². The van der Waals surface area contributed by atoms with E-state index in [1.54, 1.807) is 30.3 Å². The molecule has 7 heteroatoms. The highest BCUT2D eigenvalue weighted by atomic mass is 35.5. The van der Waals surface area contributed by atoms with Crippen LogP contribution in [0.5, 0.6) is 0 Å². The maximum Gasteiger partial charge on any atom is 0.346 e. The summed E-state index contributed by atoms with van der Waals surface area (Å²) < 4.78 is 0. The number of hydrogen-bond acceptors (Lipinski definition) is 2. The van der Waals surface area contributed by atoms with Crippen LogP contribution in [0.1, 0.15) is 5.56 Å². The third kappa shape index (κ3) is 4.52. The van der Waals surface area contributed by atoms with Gasteiger partial charge >= 0.3 is 6.03 Å². The minimum atomic E-state index is -0.421. The van der Waals surface area contributed by atoms with Gasteiger partial charge in [0.15, 0.2) is 0 Å². The van der Waals surface area contributed by atoms with E-state index in [0.29, 0.717) is 20.8 Å². The van der Waals surface area contributed by atoms with Gasteiger partial charge in [0.2, 0.25) is 0 Å². The van der Waals surface area contributed by atoms with Gasteiger partial charge in [-0.25, -0.2) is 4.79 Å². The number of carbonyl (C=O) groups is 1. The number of amides is 2. The maximum atomic E-state index is 12.2. The maximum absolute atomic E-state index is 12.2. The Kier molecular flexibility index (Phi) is 5.91. The van der Waals surface area contributed by atoms with Crippen LogP contribution in [0.3, 0.4) is 0 Å². The largest absolute Gasteiger partial charge is 0.346 e. The molecule has 0 atom stereocenters. The van der Waals surface area contributed by atoms with Gasteiger partial charge in [-0.1, -0.05) is 46.9 Å². The fraction of sp³-hybridized carbons (Fsp3) is 0.133. The van der Waals surface area contributed by atoms with Crippen molar-refractivity contribution >= 4 is 46.5 Å². The predicted molar refractivity (Wildman–Crippen MR) is 89.5 cm³/mol. The normalized spacial score (nSPS) is 10.4. The Bertz CT molecular complexity index is 662. The SMILES string of the molecule is CON(Cc1ccc(Cl)cc1)C(=O)Nc1ccc(Cl)c(Cl)c1. The van der Waals surface area contributed by atoms with Gasteiger partial charge in [0.25, 0.3) is 0 Å². The smallest absolute Gasteiger partial charge is 0.306 e. The van der Waals surface area contributed by atoms with Gasteiger partial charge in [-0.05, 0) is 35.9 Å². The van der Waals surface area contributed by atoms with Crippen molar-refractivity contribution in [2.45, 2.75) is 6.54 Å². The molecule has 0 fully saturated rings. The lowest BCUT2D eigenvalue weighted by atomic mass is 10.2. The summed E-state index contributed by atoms with van der Waals surface area (Å²) in [6.45, 7) is 0.279. The molecule has 0 aliphatic carbocycles. The van der Waals surface area contributed by atoms with Gasteiger partial charge in [-0.15, -0.1) is 0 Å². The van der Waals surface area contributed by atoms with E-state index in [9.17, 15) is 4.79 Å². The molecule has 2 rings (SSSR count). The summed E-state index contributed by atoms with van der Waals surface area (Å²) in [5.74, 6) is 0. The zero-order valence-electron chi connectivity index (χ0n) is 11.6. The van der Waals surface area contributed by atoms with Crippen LogP contribution in [0.4, 0.5) is 10.5 Å². The summed E-state index contributed by atoms with van der Waals surface area (Å²) in [5.41, 5.74) is 1.41. The summed E-state index contributed by atoms with van der Waals surface area (Å²) in [4.78, 5) is 17.3. The lowest BCUT2D eigenvalue weighted by Crippen LogP contribution is -2.33. The minimum Gasteiger partial charge on any atom is -0.306 e. The van der Waals surface area contributed by atoms with E-state index in [0.717, 1.165) is 5.56 Å². The van der Waals surface area contributed by atoms with E-state index < -0.39 is 6.03 Å². The molecule has 22 heavy (non-hydrogen) atoms. The van der Waals surface area contributed by atoms with Crippen molar-refractivity contribution in [3.8, 4) is 0 Å². The highest BCUT2D eigenvalue weighted by Gasteiger charge is 2.14. The van der Waals surface area contributed by atoms with Gasteiger partial charge in [0.05, 0.1) is 23.7 Å². The van der Waals surface area contributed by atoms with Crippen molar-refractivity contribution in [1.29, 1.82) is 0 Å². The minimum absolute atomic E-state index is 0.279. The molecule has 2 aromatic carbocycles. The van der Waals surface area contributed by atoms with Crippen LogP contribution in [-0.4, -0.2) is 18.2 Å². The molecule has 0 saturated heterocycles. The second-order valence-electron chi connectivity index (χ2n) is 4.40. The number of hydroxylamine groups is 2. The molecule has 116 valence electrons. The number of carbonyl (C=O) groups excluding carboxylic acids is 1. The number of nitrogens with zero attached hydrogens (tertiary/aromatic N) is 1. The highest BCUT2D eigenvalue weighted by molar-refractivity contribution is 6.42. The summed E-state index contributed by atoms with van der Waals surface area (Å²) in [7, 11) is 1.42. The third-order valence-corrected chi connectivity index (χ3v) is 3.85. The average Bonchev–Trinajstić information content (AvgIpc) is 2.50. The Hall–Kier alpha value is -1.46. The molecule has 0 radical (unpaired) electrons. The van der Waals surface area contributed by atoms with Crippen LogP contribution in [0, 0.1) is 0 Å². The first-order valence-corrected chi connectivity index (χ1v) is 7.45. The van der Waals surface area contributed by atoms with Crippen molar-refractivity contribution in [2.75, 3.05) is 12.4 Å². The van der Waals surface area contributed by atoms with Crippen molar-refractivity contribution in [3.63, 3.8) is 0 Å². The first-order valence-electron chi connectivity index (χ1n) is 6.31. The number of urea groups is 1. The quantitative estimate of drug-likeness (QED) is 0.758. The molecule has 2 amide bonds. The molecule has 0 aliphatic rings. The van der Waals surface area contributed by atoms with Gasteiger partial charge in [-0.2, -0.15) is 5.06 Å². The van der Waals surface area contributed by atoms with Crippen molar-refractivity contribution in [2.24, 2.45) is 0 Å². The Morgan fingerprint density at radius 1 is 1.09 bits per heavy atom. The molecular formula is C15H13Cl3N2O2. The molecule has 0 bridgehead atoms. The Labute approximate surface area is 143 Å². The molecule has 0 spiro atoms. The van der Waals surface area contributed by atoms with E-state index in [-0.39, 0.29) is 6.54 Å². The molecule has 0 unspecified atom stereocenters. The van der Waals surface area contributed by atoms with Crippen LogP contribution in [0.2, 0.25) is 15.1 Å². The van der Waals surface area contributed by atoms with Crippen molar-refractivity contribution in [1.82, 2.24) is 5.06 Å². The fourth-order valence-corrected chi connectivity index (χ4v) is 2.16. The van der Waals surface area contributed by atoms with E-state index in [1.807, 2.05) is 12.1 Å². The monoisotopic (exact) mass is 358 g/mol. The first kappa shape index (κ1) is 16.9. The number of hydrogen-bond donors (Lipinski definition) is 1. The zero-order valence-corrected chi connectivity index (χ0v) is 13.9. The fourth-order valence-electron chi connectivity index (χ4n) is 1.73. The van der Waals surface area contributed by atoms with Crippen molar-refractivity contribution < 1.29 is 9.63 Å². The summed E-state index contributed by atoms with van der Waals surface area (Å²) in [6, 6.07) is 11.6.